The number of benzene rings is 2. The maximum absolute atomic E-state index is 14.1. The number of carbonyl (C=O) groups is 1. The van der Waals surface area contributed by atoms with E-state index in [1.165, 1.54) is 43.0 Å². The Morgan fingerprint density at radius 3 is 2.50 bits per heavy atom. The molecule has 1 saturated heterocycles. The van der Waals surface area contributed by atoms with Gasteiger partial charge in [-0.2, -0.15) is 0 Å². The molecule has 1 fully saturated rings. The number of hydrogen-bond acceptors (Lipinski definition) is 4. The van der Waals surface area contributed by atoms with Crippen LogP contribution in [0, 0.1) is 5.82 Å². The van der Waals surface area contributed by atoms with Crippen LogP contribution >= 0.6 is 0 Å². The predicted molar refractivity (Wildman–Crippen MR) is 125 cm³/mol. The second kappa shape index (κ2) is 11.4. The van der Waals surface area contributed by atoms with Gasteiger partial charge in [0.25, 0.3) is 0 Å². The summed E-state index contributed by atoms with van der Waals surface area (Å²) in [5, 5.41) is 2.90. The molecule has 1 aliphatic heterocycles. The first-order valence-corrected chi connectivity index (χ1v) is 13.0. The van der Waals surface area contributed by atoms with Crippen LogP contribution in [0.4, 0.5) is 10.1 Å². The zero-order chi connectivity index (χ0) is 23.0. The molecule has 1 N–H and O–H groups in total. The van der Waals surface area contributed by atoms with Crippen LogP contribution in [-0.2, 0) is 27.9 Å². The minimum Gasteiger partial charge on any atom is -0.352 e. The summed E-state index contributed by atoms with van der Waals surface area (Å²) in [7, 11) is -3.65. The predicted octanol–water partition coefficient (Wildman–Crippen LogP) is 3.67. The van der Waals surface area contributed by atoms with E-state index in [4.69, 9.17) is 0 Å². The number of nitrogens with one attached hydrogen (secondary N) is 1. The van der Waals surface area contributed by atoms with Gasteiger partial charge in [-0.05, 0) is 55.6 Å². The lowest BCUT2D eigenvalue weighted by Crippen LogP contribution is -2.32. The molecule has 1 amide bonds. The molecule has 0 aromatic heterocycles. The Morgan fingerprint density at radius 2 is 1.78 bits per heavy atom. The molecule has 3 rings (SSSR count). The molecule has 2 aromatic rings. The summed E-state index contributed by atoms with van der Waals surface area (Å²) in [5.74, 6) is -0.764. The molecule has 0 unspecified atom stereocenters. The van der Waals surface area contributed by atoms with Crippen molar-refractivity contribution >= 4 is 21.6 Å². The number of para-hydroxylation sites is 1. The van der Waals surface area contributed by atoms with Crippen molar-refractivity contribution in [2.24, 2.45) is 0 Å². The molecule has 0 spiro atoms. The van der Waals surface area contributed by atoms with Gasteiger partial charge < -0.3 is 5.32 Å². The van der Waals surface area contributed by atoms with Gasteiger partial charge in [0.2, 0.25) is 15.9 Å². The van der Waals surface area contributed by atoms with Crippen LogP contribution in [0.5, 0.6) is 0 Å². The number of amides is 1. The first-order chi connectivity index (χ1) is 15.3. The number of nitrogens with zero attached hydrogens (tertiary/aromatic N) is 2. The highest BCUT2D eigenvalue weighted by molar-refractivity contribution is 7.92. The molecule has 0 atom stereocenters. The molecule has 0 radical (unpaired) electrons. The van der Waals surface area contributed by atoms with Crippen molar-refractivity contribution in [2.45, 2.75) is 45.2 Å². The van der Waals surface area contributed by atoms with Gasteiger partial charge in [0.05, 0.1) is 11.9 Å². The minimum atomic E-state index is -3.65. The van der Waals surface area contributed by atoms with Crippen molar-refractivity contribution in [3.8, 4) is 0 Å². The lowest BCUT2D eigenvalue weighted by Gasteiger charge is -2.26. The number of sulfonamides is 1. The van der Waals surface area contributed by atoms with Crippen molar-refractivity contribution in [3.05, 3.63) is 65.5 Å². The second-order valence-electron chi connectivity index (χ2n) is 8.32. The number of halogens is 1. The first-order valence-electron chi connectivity index (χ1n) is 11.1. The van der Waals surface area contributed by atoms with Crippen LogP contribution in [-0.4, -0.2) is 45.1 Å². The average Bonchev–Trinajstić information content (AvgIpc) is 2.76. The van der Waals surface area contributed by atoms with Gasteiger partial charge in [-0.15, -0.1) is 0 Å². The van der Waals surface area contributed by atoms with Crippen LogP contribution in [0.1, 0.15) is 43.2 Å². The summed E-state index contributed by atoms with van der Waals surface area (Å²) < 4.78 is 39.3. The molecule has 6 nitrogen and oxygen atoms in total. The van der Waals surface area contributed by atoms with Gasteiger partial charge in [-0.3, -0.25) is 14.0 Å². The van der Waals surface area contributed by atoms with Crippen LogP contribution in [0.25, 0.3) is 0 Å². The van der Waals surface area contributed by atoms with E-state index in [9.17, 15) is 17.6 Å². The van der Waals surface area contributed by atoms with E-state index < -0.39 is 15.8 Å². The summed E-state index contributed by atoms with van der Waals surface area (Å²) in [6.07, 6.45) is 5.31. The fraction of sp³-hybridized carbons (Fsp3) is 0.458. The van der Waals surface area contributed by atoms with Gasteiger partial charge in [-0.25, -0.2) is 12.8 Å². The van der Waals surface area contributed by atoms with Gasteiger partial charge in [0.1, 0.15) is 5.82 Å². The topological polar surface area (TPSA) is 69.7 Å². The van der Waals surface area contributed by atoms with E-state index in [1.54, 1.807) is 6.07 Å². The molecule has 0 aliphatic carbocycles. The number of piperidine rings is 1. The second-order valence-corrected chi connectivity index (χ2v) is 10.2. The third-order valence-electron chi connectivity index (χ3n) is 5.62. The molecule has 32 heavy (non-hydrogen) atoms. The lowest BCUT2D eigenvalue weighted by atomic mass is 10.1. The SMILES string of the molecule is CS(=O)(=O)N(CCCC(=O)NCc1cccc(CN2CCCCC2)c1)c1ccccc1F. The van der Waals surface area contributed by atoms with E-state index in [0.717, 1.165) is 35.8 Å². The maximum Gasteiger partial charge on any atom is 0.232 e. The van der Waals surface area contributed by atoms with E-state index in [2.05, 4.69) is 22.3 Å². The monoisotopic (exact) mass is 461 g/mol. The molecular weight excluding hydrogens is 429 g/mol. The number of anilines is 1. The first kappa shape index (κ1) is 24.2. The van der Waals surface area contributed by atoms with Crippen molar-refractivity contribution in [1.29, 1.82) is 0 Å². The highest BCUT2D eigenvalue weighted by atomic mass is 32.2. The Bertz CT molecular complexity index is 1010. The maximum atomic E-state index is 14.1. The number of hydrogen-bond donors (Lipinski definition) is 1. The van der Waals surface area contributed by atoms with E-state index in [1.807, 2.05) is 12.1 Å². The van der Waals surface area contributed by atoms with Crippen molar-refractivity contribution in [3.63, 3.8) is 0 Å². The summed E-state index contributed by atoms with van der Waals surface area (Å²) >= 11 is 0. The molecule has 174 valence electrons. The average molecular weight is 462 g/mol. The minimum absolute atomic E-state index is 0.000860. The smallest absolute Gasteiger partial charge is 0.232 e. The van der Waals surface area contributed by atoms with Gasteiger partial charge in [0.15, 0.2) is 0 Å². The summed E-state index contributed by atoms with van der Waals surface area (Å²) in [6.45, 7) is 3.67. The van der Waals surface area contributed by atoms with Gasteiger partial charge in [0, 0.05) is 26.1 Å². The number of rotatable bonds is 10. The fourth-order valence-corrected chi connectivity index (χ4v) is 4.97. The van der Waals surface area contributed by atoms with Crippen molar-refractivity contribution in [2.75, 3.05) is 30.2 Å². The number of carbonyl (C=O) groups excluding carboxylic acids is 1. The van der Waals surface area contributed by atoms with Crippen LogP contribution < -0.4 is 9.62 Å². The highest BCUT2D eigenvalue weighted by Crippen LogP contribution is 2.22. The van der Waals surface area contributed by atoms with Crippen LogP contribution in [0.3, 0.4) is 0 Å². The molecule has 1 aliphatic rings. The lowest BCUT2D eigenvalue weighted by molar-refractivity contribution is -0.121. The Labute approximate surface area is 190 Å². The Balaban J connectivity index is 1.47. The molecule has 8 heteroatoms. The Morgan fingerprint density at radius 1 is 1.06 bits per heavy atom. The summed E-state index contributed by atoms with van der Waals surface area (Å²) in [6, 6.07) is 14.0. The largest absolute Gasteiger partial charge is 0.352 e. The fourth-order valence-electron chi connectivity index (χ4n) is 4.00. The zero-order valence-corrected chi connectivity index (χ0v) is 19.4. The Hall–Kier alpha value is -2.45. The third-order valence-corrected chi connectivity index (χ3v) is 6.80. The van der Waals surface area contributed by atoms with E-state index in [-0.39, 0.29) is 24.6 Å². The van der Waals surface area contributed by atoms with Crippen LogP contribution in [0.2, 0.25) is 0 Å². The van der Waals surface area contributed by atoms with Crippen LogP contribution in [0.15, 0.2) is 48.5 Å². The highest BCUT2D eigenvalue weighted by Gasteiger charge is 2.20. The van der Waals surface area contributed by atoms with Gasteiger partial charge >= 0.3 is 0 Å². The molecule has 0 saturated carbocycles. The van der Waals surface area contributed by atoms with Gasteiger partial charge in [-0.1, -0.05) is 42.8 Å². The summed E-state index contributed by atoms with van der Waals surface area (Å²) in [4.78, 5) is 14.8. The number of likely N-dealkylation sites (tertiary alicyclic amines) is 1. The van der Waals surface area contributed by atoms with E-state index in [0.29, 0.717) is 13.0 Å². The molecule has 2 aromatic carbocycles. The van der Waals surface area contributed by atoms with Crippen molar-refractivity contribution < 1.29 is 17.6 Å². The zero-order valence-electron chi connectivity index (χ0n) is 18.6. The molecule has 0 bridgehead atoms. The quantitative estimate of drug-likeness (QED) is 0.586. The Kier molecular flexibility index (Phi) is 8.64. The normalized spacial score (nSPS) is 14.8. The third kappa shape index (κ3) is 7.31. The summed E-state index contributed by atoms with van der Waals surface area (Å²) in [5.41, 5.74) is 2.28. The standard InChI is InChI=1S/C24H32FN3O3S/c1-32(30,31)28(23-12-4-3-11-22(23)25)16-8-13-24(29)26-18-20-9-7-10-21(17-20)19-27-14-5-2-6-15-27/h3-4,7,9-12,17H,2,5-6,8,13-16,18-19H2,1H3,(H,26,29). The molecule has 1 heterocycles. The van der Waals surface area contributed by atoms with Crippen molar-refractivity contribution in [1.82, 2.24) is 10.2 Å². The molecular formula is C24H32FN3O3S. The van der Waals surface area contributed by atoms with E-state index >= 15 is 0 Å².